The fourth-order valence-corrected chi connectivity index (χ4v) is 4.54. The standard InChI is InChI=1S/C24H33NO2/c1-6-16-24(5)20-15-11-10-14-19(20)17-21(18-12-8-7-9-13-18)25(24)22(26)27-23(2,3)4/h6,10-11,14-15,17-18H,1,7-9,12-13,16H2,2-5H3. The molecule has 1 saturated carbocycles. The Morgan fingerprint density at radius 2 is 1.93 bits per heavy atom. The van der Waals surface area contributed by atoms with Gasteiger partial charge >= 0.3 is 6.09 Å². The van der Waals surface area contributed by atoms with Crippen molar-refractivity contribution in [1.82, 2.24) is 4.90 Å². The zero-order chi connectivity index (χ0) is 19.7. The van der Waals surface area contributed by atoms with E-state index in [1.54, 1.807) is 0 Å². The van der Waals surface area contributed by atoms with Gasteiger partial charge < -0.3 is 4.74 Å². The molecule has 0 spiro atoms. The normalized spacial score (nSPS) is 23.4. The molecule has 1 aliphatic heterocycles. The van der Waals surface area contributed by atoms with E-state index in [9.17, 15) is 4.79 Å². The fourth-order valence-electron chi connectivity index (χ4n) is 4.54. The number of ether oxygens (including phenoxy) is 1. The van der Waals surface area contributed by atoms with Gasteiger partial charge in [-0.2, -0.15) is 0 Å². The van der Waals surface area contributed by atoms with Gasteiger partial charge in [-0.15, -0.1) is 6.58 Å². The second-order valence-corrected chi connectivity index (χ2v) is 9.07. The third-order valence-electron chi connectivity index (χ3n) is 5.74. The quantitative estimate of drug-likeness (QED) is 0.560. The van der Waals surface area contributed by atoms with Crippen LogP contribution in [0, 0.1) is 5.92 Å². The zero-order valence-corrected chi connectivity index (χ0v) is 17.3. The van der Waals surface area contributed by atoms with Crippen molar-refractivity contribution in [2.45, 2.75) is 77.4 Å². The molecule has 0 saturated heterocycles. The predicted molar refractivity (Wildman–Crippen MR) is 111 cm³/mol. The molecule has 146 valence electrons. The summed E-state index contributed by atoms with van der Waals surface area (Å²) in [6.07, 6.45) is 10.6. The molecular weight excluding hydrogens is 334 g/mol. The predicted octanol–water partition coefficient (Wildman–Crippen LogP) is 6.65. The van der Waals surface area contributed by atoms with Crippen LogP contribution in [0.1, 0.15) is 77.3 Å². The Hall–Kier alpha value is -2.03. The molecule has 1 unspecified atom stereocenters. The summed E-state index contributed by atoms with van der Waals surface area (Å²) in [5.74, 6) is 0.406. The van der Waals surface area contributed by atoms with Crippen LogP contribution in [0.15, 0.2) is 42.6 Å². The minimum absolute atomic E-state index is 0.252. The Kier molecular flexibility index (Phi) is 5.50. The summed E-state index contributed by atoms with van der Waals surface area (Å²) in [5, 5.41) is 0. The average Bonchev–Trinajstić information content (AvgIpc) is 2.61. The number of benzene rings is 1. The van der Waals surface area contributed by atoms with Crippen molar-refractivity contribution in [3.63, 3.8) is 0 Å². The first-order valence-corrected chi connectivity index (χ1v) is 10.2. The summed E-state index contributed by atoms with van der Waals surface area (Å²) >= 11 is 0. The molecule has 27 heavy (non-hydrogen) atoms. The van der Waals surface area contributed by atoms with Gasteiger partial charge in [0.2, 0.25) is 0 Å². The third kappa shape index (κ3) is 3.97. The van der Waals surface area contributed by atoms with E-state index in [0.29, 0.717) is 12.3 Å². The van der Waals surface area contributed by atoms with Crippen molar-refractivity contribution in [2.24, 2.45) is 5.92 Å². The SMILES string of the molecule is C=CCC1(C)c2ccccc2C=C(C2CCCCC2)N1C(=O)OC(C)(C)C. The molecule has 0 radical (unpaired) electrons. The molecule has 0 bridgehead atoms. The Bertz CT molecular complexity index is 737. The number of hydrogen-bond acceptors (Lipinski definition) is 2. The summed E-state index contributed by atoms with van der Waals surface area (Å²) in [6, 6.07) is 8.41. The number of fused-ring (bicyclic) bond motifs is 1. The Balaban J connectivity index is 2.13. The van der Waals surface area contributed by atoms with E-state index in [4.69, 9.17) is 4.74 Å². The molecule has 3 heteroatoms. The van der Waals surface area contributed by atoms with Crippen LogP contribution in [-0.2, 0) is 10.3 Å². The minimum Gasteiger partial charge on any atom is -0.443 e. The molecule has 3 nitrogen and oxygen atoms in total. The van der Waals surface area contributed by atoms with E-state index in [0.717, 1.165) is 24.1 Å². The molecule has 1 amide bonds. The molecule has 1 aromatic carbocycles. The molecule has 1 fully saturated rings. The topological polar surface area (TPSA) is 29.5 Å². The van der Waals surface area contributed by atoms with Crippen LogP contribution in [0.3, 0.4) is 0 Å². The lowest BCUT2D eigenvalue weighted by Gasteiger charge is -2.48. The average molecular weight is 368 g/mol. The minimum atomic E-state index is -0.527. The van der Waals surface area contributed by atoms with Crippen molar-refractivity contribution >= 4 is 12.2 Å². The van der Waals surface area contributed by atoms with E-state index >= 15 is 0 Å². The van der Waals surface area contributed by atoms with Crippen LogP contribution < -0.4 is 0 Å². The van der Waals surface area contributed by atoms with Crippen LogP contribution in [0.2, 0.25) is 0 Å². The maximum absolute atomic E-state index is 13.4. The van der Waals surface area contributed by atoms with Crippen molar-refractivity contribution in [1.29, 1.82) is 0 Å². The van der Waals surface area contributed by atoms with Crippen molar-refractivity contribution < 1.29 is 9.53 Å². The first kappa shape index (κ1) is 19.7. The highest BCUT2D eigenvalue weighted by molar-refractivity contribution is 5.77. The summed E-state index contributed by atoms with van der Waals surface area (Å²) in [5.41, 5.74) is 2.48. The van der Waals surface area contributed by atoms with E-state index in [-0.39, 0.29) is 6.09 Å². The van der Waals surface area contributed by atoms with Crippen LogP contribution >= 0.6 is 0 Å². The number of allylic oxidation sites excluding steroid dienone is 1. The van der Waals surface area contributed by atoms with Gasteiger partial charge in [-0.3, -0.25) is 4.90 Å². The summed E-state index contributed by atoms with van der Waals surface area (Å²) in [6.45, 7) is 11.9. The van der Waals surface area contributed by atoms with Gasteiger partial charge in [0, 0.05) is 5.70 Å². The molecule has 1 atom stereocenters. The maximum atomic E-state index is 13.4. The van der Waals surface area contributed by atoms with Gasteiger partial charge in [0.05, 0.1) is 5.54 Å². The molecular formula is C24H33NO2. The van der Waals surface area contributed by atoms with E-state index < -0.39 is 11.1 Å². The lowest BCUT2D eigenvalue weighted by atomic mass is 9.76. The maximum Gasteiger partial charge on any atom is 0.415 e. The molecule has 1 aromatic rings. The largest absolute Gasteiger partial charge is 0.443 e. The molecule has 0 N–H and O–H groups in total. The van der Waals surface area contributed by atoms with Crippen LogP contribution in [0.4, 0.5) is 4.79 Å². The molecule has 0 aromatic heterocycles. The van der Waals surface area contributed by atoms with Gasteiger partial charge in [0.1, 0.15) is 5.60 Å². The monoisotopic (exact) mass is 367 g/mol. The van der Waals surface area contributed by atoms with Gasteiger partial charge in [-0.05, 0) is 70.1 Å². The number of rotatable bonds is 3. The second kappa shape index (κ2) is 7.53. The van der Waals surface area contributed by atoms with E-state index in [1.165, 1.54) is 24.8 Å². The third-order valence-corrected chi connectivity index (χ3v) is 5.74. The first-order chi connectivity index (χ1) is 12.8. The fraction of sp³-hybridized carbons (Fsp3) is 0.542. The summed E-state index contributed by atoms with van der Waals surface area (Å²) < 4.78 is 5.87. The van der Waals surface area contributed by atoms with E-state index in [2.05, 4.69) is 37.8 Å². The Morgan fingerprint density at radius 1 is 1.26 bits per heavy atom. The summed E-state index contributed by atoms with van der Waals surface area (Å²) in [7, 11) is 0. The lowest BCUT2D eigenvalue weighted by Crippen LogP contribution is -2.51. The van der Waals surface area contributed by atoms with Crippen molar-refractivity contribution in [3.8, 4) is 0 Å². The number of carbonyl (C=O) groups excluding carboxylic acids is 1. The van der Waals surface area contributed by atoms with Gasteiger partial charge in [-0.1, -0.05) is 49.6 Å². The number of carbonyl (C=O) groups is 1. The Morgan fingerprint density at radius 3 is 2.56 bits per heavy atom. The highest BCUT2D eigenvalue weighted by Gasteiger charge is 2.45. The van der Waals surface area contributed by atoms with Crippen LogP contribution in [0.5, 0.6) is 0 Å². The van der Waals surface area contributed by atoms with Gasteiger partial charge in [-0.25, -0.2) is 4.79 Å². The van der Waals surface area contributed by atoms with E-state index in [1.807, 2.05) is 37.8 Å². The number of nitrogens with zero attached hydrogens (tertiary/aromatic N) is 1. The van der Waals surface area contributed by atoms with Gasteiger partial charge in [0.15, 0.2) is 0 Å². The molecule has 1 heterocycles. The highest BCUT2D eigenvalue weighted by atomic mass is 16.6. The highest BCUT2D eigenvalue weighted by Crippen LogP contribution is 2.46. The van der Waals surface area contributed by atoms with Crippen LogP contribution in [0.25, 0.3) is 6.08 Å². The van der Waals surface area contributed by atoms with Gasteiger partial charge in [0.25, 0.3) is 0 Å². The molecule has 1 aliphatic carbocycles. The zero-order valence-electron chi connectivity index (χ0n) is 17.3. The van der Waals surface area contributed by atoms with Crippen molar-refractivity contribution in [3.05, 3.63) is 53.7 Å². The first-order valence-electron chi connectivity index (χ1n) is 10.2. The molecule has 3 rings (SSSR count). The smallest absolute Gasteiger partial charge is 0.415 e. The number of amides is 1. The van der Waals surface area contributed by atoms with Crippen molar-refractivity contribution in [2.75, 3.05) is 0 Å². The number of hydrogen-bond donors (Lipinski definition) is 0. The Labute approximate surface area is 164 Å². The second-order valence-electron chi connectivity index (χ2n) is 9.07. The summed E-state index contributed by atoms with van der Waals surface area (Å²) in [4.78, 5) is 15.3. The lowest BCUT2D eigenvalue weighted by molar-refractivity contribution is 0.00553. The molecule has 2 aliphatic rings. The van der Waals surface area contributed by atoms with Crippen LogP contribution in [-0.4, -0.2) is 16.6 Å².